The first-order chi connectivity index (χ1) is 24.7. The van der Waals surface area contributed by atoms with Crippen LogP contribution in [0.1, 0.15) is 0 Å². The third-order valence-electron chi connectivity index (χ3n) is 9.57. The van der Waals surface area contributed by atoms with E-state index in [9.17, 15) is 0 Å². The van der Waals surface area contributed by atoms with Gasteiger partial charge in [-0.05, 0) is 79.5 Å². The molecule has 0 aliphatic rings. The summed E-state index contributed by atoms with van der Waals surface area (Å²) >= 11 is 7.39. The van der Waals surface area contributed by atoms with Gasteiger partial charge in [0.1, 0.15) is 0 Å². The number of hydrogen-bond acceptors (Lipinski definition) is 4. The summed E-state index contributed by atoms with van der Waals surface area (Å²) in [7, 11) is 0. The van der Waals surface area contributed by atoms with E-state index in [0.717, 1.165) is 0 Å². The van der Waals surface area contributed by atoms with E-state index in [2.05, 4.69) is 168 Å². The molecule has 6 aromatic carbocycles. The lowest BCUT2D eigenvalue weighted by molar-refractivity contribution is 1.61. The molecule has 4 heteroatoms. The molecule has 4 aromatic heterocycles. The minimum absolute atomic E-state index is 1.24. The Balaban J connectivity index is 0.839. The second-order valence-corrected chi connectivity index (χ2v) is 16.5. The van der Waals surface area contributed by atoms with E-state index >= 15 is 0 Å². The zero-order valence-electron chi connectivity index (χ0n) is 26.8. The standard InChI is InChI=1S/C46H28S4/c1-3-7-41-37(5-1)39(27-47-41)33-17-9-29(10-18-33)31-13-21-35(22-14-31)43-25-45-46(49-43)26-44(50-45)36-23-15-32(16-24-36)30-11-19-34(20-12-30)40-28-48-42-8-4-2-6-38(40)42/h1-28H. The van der Waals surface area contributed by atoms with Crippen LogP contribution in [0.5, 0.6) is 0 Å². The third kappa shape index (κ3) is 5.33. The molecule has 0 unspecified atom stereocenters. The minimum Gasteiger partial charge on any atom is -0.143 e. The van der Waals surface area contributed by atoms with Crippen molar-refractivity contribution in [2.45, 2.75) is 0 Å². The van der Waals surface area contributed by atoms with Crippen LogP contribution in [0, 0.1) is 0 Å². The molecule has 0 N–H and O–H groups in total. The molecule has 10 aromatic rings. The molecule has 0 bridgehead atoms. The van der Waals surface area contributed by atoms with Crippen LogP contribution in [0.15, 0.2) is 168 Å². The molecule has 10 rings (SSSR count). The van der Waals surface area contributed by atoms with E-state index in [1.807, 2.05) is 45.3 Å². The zero-order chi connectivity index (χ0) is 33.0. The maximum atomic E-state index is 2.36. The summed E-state index contributed by atoms with van der Waals surface area (Å²) in [4.78, 5) is 2.64. The molecule has 4 heterocycles. The first kappa shape index (κ1) is 29.8. The predicted molar refractivity (Wildman–Crippen MR) is 223 cm³/mol. The highest BCUT2D eigenvalue weighted by atomic mass is 32.1. The number of benzene rings is 6. The Morgan fingerprint density at radius 2 is 0.600 bits per heavy atom. The Bertz CT molecular complexity index is 2550. The van der Waals surface area contributed by atoms with Crippen molar-refractivity contribution >= 4 is 74.9 Å². The Kier molecular flexibility index (Phi) is 7.35. The van der Waals surface area contributed by atoms with Crippen molar-refractivity contribution in [3.8, 4) is 65.4 Å². The summed E-state index contributed by atoms with van der Waals surface area (Å²) < 4.78 is 5.37. The SMILES string of the molecule is c1ccc2c(-c3ccc(-c4ccc(-c5cc6sc(-c7ccc(-c8ccc(-c9csc%10ccccc9%10)cc8)cc7)cc6s5)cc4)cc3)csc2c1. The molecule has 0 aliphatic carbocycles. The molecule has 50 heavy (non-hydrogen) atoms. The Morgan fingerprint density at radius 3 is 0.980 bits per heavy atom. The van der Waals surface area contributed by atoms with Crippen LogP contribution in [-0.2, 0) is 0 Å². The molecule has 0 nitrogen and oxygen atoms in total. The van der Waals surface area contributed by atoms with Crippen molar-refractivity contribution in [3.63, 3.8) is 0 Å². The predicted octanol–water partition coefficient (Wildman–Crippen LogP) is 15.4. The lowest BCUT2D eigenvalue weighted by Crippen LogP contribution is -1.81. The fourth-order valence-electron chi connectivity index (χ4n) is 6.86. The quantitative estimate of drug-likeness (QED) is 0.161. The van der Waals surface area contributed by atoms with E-state index in [4.69, 9.17) is 0 Å². The molecule has 0 fully saturated rings. The van der Waals surface area contributed by atoms with Gasteiger partial charge in [-0.1, -0.05) is 133 Å². The lowest BCUT2D eigenvalue weighted by atomic mass is 9.99. The monoisotopic (exact) mass is 708 g/mol. The van der Waals surface area contributed by atoms with Gasteiger partial charge < -0.3 is 0 Å². The van der Waals surface area contributed by atoms with Crippen molar-refractivity contribution in [2.75, 3.05) is 0 Å². The summed E-state index contributed by atoms with van der Waals surface area (Å²) in [6.07, 6.45) is 0. The molecule has 0 atom stereocenters. The molecule has 236 valence electrons. The first-order valence-electron chi connectivity index (χ1n) is 16.6. The van der Waals surface area contributed by atoms with Crippen LogP contribution in [-0.4, -0.2) is 0 Å². The van der Waals surface area contributed by atoms with Gasteiger partial charge in [-0.15, -0.1) is 45.3 Å². The van der Waals surface area contributed by atoms with Gasteiger partial charge in [0.2, 0.25) is 0 Å². The van der Waals surface area contributed by atoms with Crippen LogP contribution in [0.2, 0.25) is 0 Å². The largest absolute Gasteiger partial charge is 0.143 e. The van der Waals surface area contributed by atoms with Gasteiger partial charge in [0.25, 0.3) is 0 Å². The molecule has 0 spiro atoms. The summed E-state index contributed by atoms with van der Waals surface area (Å²) in [6.45, 7) is 0. The summed E-state index contributed by atoms with van der Waals surface area (Å²) in [5.74, 6) is 0. The van der Waals surface area contributed by atoms with Crippen molar-refractivity contribution < 1.29 is 0 Å². The third-order valence-corrected chi connectivity index (χ3v) is 13.9. The van der Waals surface area contributed by atoms with Crippen molar-refractivity contribution in [3.05, 3.63) is 168 Å². The van der Waals surface area contributed by atoms with E-state index in [0.29, 0.717) is 0 Å². The number of rotatable bonds is 6. The maximum Gasteiger partial charge on any atom is 0.0463 e. The fraction of sp³-hybridized carbons (Fsp3) is 0. The number of hydrogen-bond donors (Lipinski definition) is 0. The normalized spacial score (nSPS) is 11.6. The van der Waals surface area contributed by atoms with Gasteiger partial charge in [0.05, 0.1) is 0 Å². The van der Waals surface area contributed by atoms with Crippen LogP contribution >= 0.6 is 45.3 Å². The highest BCUT2D eigenvalue weighted by Gasteiger charge is 2.12. The van der Waals surface area contributed by atoms with Crippen LogP contribution in [0.4, 0.5) is 0 Å². The fourth-order valence-corrected chi connectivity index (χ4v) is 11.2. The van der Waals surface area contributed by atoms with E-state index in [1.54, 1.807) is 0 Å². The van der Waals surface area contributed by atoms with E-state index in [1.165, 1.54) is 95.0 Å². The van der Waals surface area contributed by atoms with Crippen LogP contribution in [0.3, 0.4) is 0 Å². The Hall–Kier alpha value is -5.10. The maximum absolute atomic E-state index is 2.36. The molecular formula is C46H28S4. The van der Waals surface area contributed by atoms with Gasteiger partial charge in [-0.25, -0.2) is 0 Å². The summed E-state index contributed by atoms with van der Waals surface area (Å²) in [5.41, 5.74) is 12.7. The summed E-state index contributed by atoms with van der Waals surface area (Å²) in [5, 5.41) is 7.20. The van der Waals surface area contributed by atoms with Gasteiger partial charge in [-0.2, -0.15) is 0 Å². The Labute approximate surface area is 306 Å². The molecule has 0 radical (unpaired) electrons. The molecule has 0 saturated heterocycles. The van der Waals surface area contributed by atoms with E-state index < -0.39 is 0 Å². The van der Waals surface area contributed by atoms with Gasteiger partial charge in [-0.3, -0.25) is 0 Å². The molecule has 0 amide bonds. The van der Waals surface area contributed by atoms with E-state index in [-0.39, 0.29) is 0 Å². The van der Waals surface area contributed by atoms with Gasteiger partial charge in [0.15, 0.2) is 0 Å². The highest BCUT2D eigenvalue weighted by molar-refractivity contribution is 7.31. The minimum atomic E-state index is 1.24. The zero-order valence-corrected chi connectivity index (χ0v) is 30.1. The number of fused-ring (bicyclic) bond motifs is 3. The molecule has 0 aliphatic heterocycles. The topological polar surface area (TPSA) is 0 Å². The summed E-state index contributed by atoms with van der Waals surface area (Å²) in [6, 6.07) is 58.1. The van der Waals surface area contributed by atoms with Crippen LogP contribution < -0.4 is 0 Å². The average Bonchev–Trinajstić information content (AvgIpc) is 3.98. The second-order valence-electron chi connectivity index (χ2n) is 12.6. The lowest BCUT2D eigenvalue weighted by Gasteiger charge is -2.06. The smallest absolute Gasteiger partial charge is 0.0463 e. The van der Waals surface area contributed by atoms with Gasteiger partial charge >= 0.3 is 0 Å². The van der Waals surface area contributed by atoms with Crippen molar-refractivity contribution in [1.82, 2.24) is 0 Å². The van der Waals surface area contributed by atoms with Crippen LogP contribution in [0.25, 0.3) is 95.0 Å². The van der Waals surface area contributed by atoms with Crippen molar-refractivity contribution in [2.24, 2.45) is 0 Å². The van der Waals surface area contributed by atoms with Gasteiger partial charge in [0, 0.05) is 50.5 Å². The highest BCUT2D eigenvalue weighted by Crippen LogP contribution is 2.43. The molecular weight excluding hydrogens is 681 g/mol. The van der Waals surface area contributed by atoms with Crippen molar-refractivity contribution in [1.29, 1.82) is 0 Å². The average molecular weight is 709 g/mol. The molecule has 0 saturated carbocycles. The Morgan fingerprint density at radius 1 is 0.280 bits per heavy atom. The first-order valence-corrected chi connectivity index (χ1v) is 20.0. The second kappa shape index (κ2) is 12.3. The number of thiophene rings is 4.